The van der Waals surface area contributed by atoms with Gasteiger partial charge in [-0.3, -0.25) is 4.79 Å². The Balaban J connectivity index is 2.02. The highest BCUT2D eigenvalue weighted by Gasteiger charge is 2.21. The largest absolute Gasteiger partial charge is 0.449 e. The monoisotopic (exact) mass is 418 g/mol. The highest BCUT2D eigenvalue weighted by Crippen LogP contribution is 2.17. The molecular formula is C21H26N2O5S. The molecule has 1 atom stereocenters. The molecule has 0 heterocycles. The smallest absolute Gasteiger partial charge is 0.339 e. The van der Waals surface area contributed by atoms with Crippen LogP contribution < -0.4 is 10.0 Å². The van der Waals surface area contributed by atoms with Crippen molar-refractivity contribution in [1.29, 1.82) is 0 Å². The van der Waals surface area contributed by atoms with Gasteiger partial charge in [-0.2, -0.15) is 0 Å². The fraction of sp³-hybridized carbons (Fsp3) is 0.333. The van der Waals surface area contributed by atoms with E-state index in [-0.39, 0.29) is 10.9 Å². The van der Waals surface area contributed by atoms with Crippen LogP contribution in [0.15, 0.2) is 47.4 Å². The van der Waals surface area contributed by atoms with Crippen molar-refractivity contribution in [3.8, 4) is 0 Å². The molecule has 2 rings (SSSR count). The number of amides is 1. The number of sulfonamides is 1. The van der Waals surface area contributed by atoms with Gasteiger partial charge in [0.15, 0.2) is 6.10 Å². The minimum atomic E-state index is -3.61. The normalized spacial score (nSPS) is 12.5. The summed E-state index contributed by atoms with van der Waals surface area (Å²) in [7, 11) is -3.61. The lowest BCUT2D eigenvalue weighted by molar-refractivity contribution is -0.123. The first kappa shape index (κ1) is 22.6. The zero-order chi connectivity index (χ0) is 21.8. The minimum Gasteiger partial charge on any atom is -0.449 e. The number of carbonyl (C=O) groups excluding carboxylic acids is 2. The first-order chi connectivity index (χ1) is 13.5. The topological polar surface area (TPSA) is 102 Å². The van der Waals surface area contributed by atoms with E-state index in [1.54, 1.807) is 26.0 Å². The summed E-state index contributed by atoms with van der Waals surface area (Å²) in [5.74, 6) is -1.09. The second-order valence-electron chi connectivity index (χ2n) is 7.08. The fourth-order valence-electron chi connectivity index (χ4n) is 2.59. The molecule has 0 bridgehead atoms. The lowest BCUT2D eigenvalue weighted by Crippen LogP contribution is -2.31. The first-order valence-electron chi connectivity index (χ1n) is 9.21. The lowest BCUT2D eigenvalue weighted by atomic mass is 10.0. The average molecular weight is 419 g/mol. The van der Waals surface area contributed by atoms with Crippen molar-refractivity contribution in [2.75, 3.05) is 5.32 Å². The van der Waals surface area contributed by atoms with Crippen molar-refractivity contribution in [2.24, 2.45) is 0 Å². The molecule has 0 spiro atoms. The highest BCUT2D eigenvalue weighted by atomic mass is 32.2. The van der Waals surface area contributed by atoms with Crippen LogP contribution in [0.3, 0.4) is 0 Å². The van der Waals surface area contributed by atoms with Crippen LogP contribution in [0.2, 0.25) is 0 Å². The number of esters is 1. The molecule has 0 fully saturated rings. The Hall–Kier alpha value is -2.71. The Kier molecular flexibility index (Phi) is 7.16. The number of hydrogen-bond acceptors (Lipinski definition) is 5. The molecule has 0 aromatic heterocycles. The van der Waals surface area contributed by atoms with Gasteiger partial charge in [0, 0.05) is 11.7 Å². The highest BCUT2D eigenvalue weighted by molar-refractivity contribution is 7.89. The molecular weight excluding hydrogens is 392 g/mol. The summed E-state index contributed by atoms with van der Waals surface area (Å²) in [6, 6.07) is 10.8. The van der Waals surface area contributed by atoms with Gasteiger partial charge >= 0.3 is 5.97 Å². The Morgan fingerprint density at radius 2 is 1.59 bits per heavy atom. The number of rotatable bonds is 7. The van der Waals surface area contributed by atoms with Gasteiger partial charge in [0.05, 0.1) is 10.5 Å². The van der Waals surface area contributed by atoms with E-state index in [2.05, 4.69) is 10.0 Å². The van der Waals surface area contributed by atoms with Gasteiger partial charge < -0.3 is 10.1 Å². The molecule has 0 radical (unpaired) electrons. The van der Waals surface area contributed by atoms with E-state index in [4.69, 9.17) is 4.74 Å². The van der Waals surface area contributed by atoms with Crippen LogP contribution >= 0.6 is 0 Å². The van der Waals surface area contributed by atoms with Crippen molar-refractivity contribution in [3.05, 3.63) is 59.2 Å². The summed E-state index contributed by atoms with van der Waals surface area (Å²) in [5.41, 5.74) is 2.57. The second kappa shape index (κ2) is 9.19. The molecule has 0 aliphatic rings. The van der Waals surface area contributed by atoms with Gasteiger partial charge in [0.1, 0.15) is 0 Å². The summed E-state index contributed by atoms with van der Waals surface area (Å²) >= 11 is 0. The number of hydrogen-bond donors (Lipinski definition) is 2. The minimum absolute atomic E-state index is 0.0959. The molecule has 2 N–H and O–H groups in total. The molecule has 29 heavy (non-hydrogen) atoms. The number of benzene rings is 2. The lowest BCUT2D eigenvalue weighted by Gasteiger charge is -2.15. The van der Waals surface area contributed by atoms with Crippen LogP contribution in [-0.2, 0) is 19.6 Å². The number of nitrogens with one attached hydrogen (secondary N) is 2. The van der Waals surface area contributed by atoms with Gasteiger partial charge in [-0.05, 0) is 76.1 Å². The van der Waals surface area contributed by atoms with Crippen LogP contribution in [0.1, 0.15) is 42.3 Å². The maximum absolute atomic E-state index is 12.4. The standard InChI is InChI=1S/C21H26N2O5S/c1-13(2)23-29(26,27)18-11-9-17(10-12-18)22-20(24)16(5)28-21(25)19-8-6-7-14(3)15(19)4/h6-13,16,23H,1-5H3,(H,22,24)/t16-/m0/s1. The van der Waals surface area contributed by atoms with Crippen molar-refractivity contribution in [1.82, 2.24) is 4.72 Å². The van der Waals surface area contributed by atoms with Gasteiger partial charge in [-0.15, -0.1) is 0 Å². The van der Waals surface area contributed by atoms with Crippen molar-refractivity contribution in [3.63, 3.8) is 0 Å². The van der Waals surface area contributed by atoms with E-state index < -0.39 is 28.0 Å². The van der Waals surface area contributed by atoms with E-state index in [9.17, 15) is 18.0 Å². The van der Waals surface area contributed by atoms with Gasteiger partial charge in [-0.25, -0.2) is 17.9 Å². The number of aryl methyl sites for hydroxylation is 1. The Morgan fingerprint density at radius 3 is 2.17 bits per heavy atom. The number of ether oxygens (including phenoxy) is 1. The third-order valence-electron chi connectivity index (χ3n) is 4.30. The first-order valence-corrected chi connectivity index (χ1v) is 10.7. The molecule has 7 nitrogen and oxygen atoms in total. The van der Waals surface area contributed by atoms with Crippen LogP contribution in [0.5, 0.6) is 0 Å². The van der Waals surface area contributed by atoms with Crippen LogP contribution in [0.25, 0.3) is 0 Å². The summed E-state index contributed by atoms with van der Waals surface area (Å²) in [6.45, 7) is 8.65. The Morgan fingerprint density at radius 1 is 0.966 bits per heavy atom. The van der Waals surface area contributed by atoms with E-state index >= 15 is 0 Å². The van der Waals surface area contributed by atoms with E-state index in [1.807, 2.05) is 19.9 Å². The molecule has 8 heteroatoms. The van der Waals surface area contributed by atoms with Gasteiger partial charge in [-0.1, -0.05) is 12.1 Å². The zero-order valence-corrected chi connectivity index (χ0v) is 18.0. The van der Waals surface area contributed by atoms with Crippen molar-refractivity contribution >= 4 is 27.6 Å². The summed E-state index contributed by atoms with van der Waals surface area (Å²) in [5, 5.41) is 2.61. The summed E-state index contributed by atoms with van der Waals surface area (Å²) in [4.78, 5) is 24.8. The number of carbonyl (C=O) groups is 2. The molecule has 0 saturated carbocycles. The van der Waals surface area contributed by atoms with Gasteiger partial charge in [0.2, 0.25) is 10.0 Å². The van der Waals surface area contributed by atoms with E-state index in [0.717, 1.165) is 11.1 Å². The molecule has 1 amide bonds. The predicted octanol–water partition coefficient (Wildman–Crippen LogP) is 3.17. The van der Waals surface area contributed by atoms with Crippen LogP contribution in [0, 0.1) is 13.8 Å². The number of anilines is 1. The average Bonchev–Trinajstić information content (AvgIpc) is 2.63. The second-order valence-corrected chi connectivity index (χ2v) is 8.80. The zero-order valence-electron chi connectivity index (χ0n) is 17.1. The summed E-state index contributed by atoms with van der Waals surface area (Å²) < 4.78 is 32.0. The van der Waals surface area contributed by atoms with Gasteiger partial charge in [0.25, 0.3) is 5.91 Å². The molecule has 156 valence electrons. The van der Waals surface area contributed by atoms with Crippen molar-refractivity contribution in [2.45, 2.75) is 51.7 Å². The summed E-state index contributed by atoms with van der Waals surface area (Å²) in [6.07, 6.45) is -1.02. The maximum atomic E-state index is 12.4. The molecule has 2 aromatic rings. The maximum Gasteiger partial charge on any atom is 0.339 e. The molecule has 2 aromatic carbocycles. The SMILES string of the molecule is Cc1cccc(C(=O)O[C@@H](C)C(=O)Nc2ccc(S(=O)(=O)NC(C)C)cc2)c1C. The predicted molar refractivity (Wildman–Crippen MR) is 111 cm³/mol. The Bertz CT molecular complexity index is 998. The van der Waals surface area contributed by atoms with Crippen LogP contribution in [0.4, 0.5) is 5.69 Å². The third-order valence-corrected chi connectivity index (χ3v) is 5.98. The van der Waals surface area contributed by atoms with Crippen LogP contribution in [-0.4, -0.2) is 32.4 Å². The fourth-order valence-corrected chi connectivity index (χ4v) is 3.84. The quantitative estimate of drug-likeness (QED) is 0.673. The van der Waals surface area contributed by atoms with Crippen molar-refractivity contribution < 1.29 is 22.7 Å². The molecule has 0 unspecified atom stereocenters. The molecule has 0 saturated heterocycles. The van der Waals surface area contributed by atoms with E-state index in [0.29, 0.717) is 11.3 Å². The third kappa shape index (κ3) is 5.88. The Labute approximate surface area is 171 Å². The molecule has 0 aliphatic carbocycles. The molecule has 0 aliphatic heterocycles. The van der Waals surface area contributed by atoms with E-state index in [1.165, 1.54) is 31.2 Å².